The van der Waals surface area contributed by atoms with Crippen molar-refractivity contribution in [1.82, 2.24) is 15.2 Å². The molecular formula is C32H32FN3O4. The molecule has 1 N–H and O–H groups in total. The number of nitrogens with one attached hydrogen (secondary N) is 1. The number of methoxy groups -OCH3 is 2. The SMILES string of the molecule is COc1ccc(CC(=O)N(Cc2ccc(F)cc2)[C@H](Cc2ccccc2)C(=O)NCc2ccncc2)cc1OC. The molecule has 0 bridgehead atoms. The molecule has 0 radical (unpaired) electrons. The molecule has 4 aromatic rings. The van der Waals surface area contributed by atoms with Gasteiger partial charge in [-0.05, 0) is 58.7 Å². The van der Waals surface area contributed by atoms with E-state index in [2.05, 4.69) is 10.3 Å². The van der Waals surface area contributed by atoms with E-state index in [-0.39, 0.29) is 30.6 Å². The van der Waals surface area contributed by atoms with Gasteiger partial charge in [-0.2, -0.15) is 0 Å². The molecule has 0 saturated heterocycles. The Kier molecular flexibility index (Phi) is 9.83. The summed E-state index contributed by atoms with van der Waals surface area (Å²) in [7, 11) is 3.08. The van der Waals surface area contributed by atoms with E-state index in [0.29, 0.717) is 35.6 Å². The van der Waals surface area contributed by atoms with E-state index in [0.717, 1.165) is 11.1 Å². The van der Waals surface area contributed by atoms with Crippen LogP contribution in [0.5, 0.6) is 11.5 Å². The van der Waals surface area contributed by atoms with E-state index < -0.39 is 6.04 Å². The molecule has 0 spiro atoms. The maximum atomic E-state index is 13.9. The highest BCUT2D eigenvalue weighted by Gasteiger charge is 2.30. The maximum absolute atomic E-state index is 13.9. The van der Waals surface area contributed by atoms with Crippen LogP contribution in [0.25, 0.3) is 0 Å². The molecule has 0 unspecified atom stereocenters. The number of pyridine rings is 1. The average Bonchev–Trinajstić information content (AvgIpc) is 2.99. The van der Waals surface area contributed by atoms with Gasteiger partial charge < -0.3 is 19.7 Å². The molecule has 0 saturated carbocycles. The number of ether oxygens (including phenoxy) is 2. The Labute approximate surface area is 233 Å². The van der Waals surface area contributed by atoms with Gasteiger partial charge in [-0.3, -0.25) is 14.6 Å². The predicted molar refractivity (Wildman–Crippen MR) is 150 cm³/mol. The molecule has 0 aliphatic rings. The fraction of sp³-hybridized carbons (Fsp3) is 0.219. The smallest absolute Gasteiger partial charge is 0.243 e. The number of hydrogen-bond acceptors (Lipinski definition) is 5. The van der Waals surface area contributed by atoms with Crippen LogP contribution in [0.4, 0.5) is 4.39 Å². The molecule has 7 nitrogen and oxygen atoms in total. The van der Waals surface area contributed by atoms with Crippen LogP contribution in [-0.2, 0) is 35.5 Å². The highest BCUT2D eigenvalue weighted by Crippen LogP contribution is 2.28. The van der Waals surface area contributed by atoms with Crippen molar-refractivity contribution in [2.75, 3.05) is 14.2 Å². The van der Waals surface area contributed by atoms with Gasteiger partial charge in [-0.15, -0.1) is 0 Å². The van der Waals surface area contributed by atoms with E-state index in [1.807, 2.05) is 42.5 Å². The summed E-state index contributed by atoms with van der Waals surface area (Å²) in [5, 5.41) is 2.99. The second-order valence-electron chi connectivity index (χ2n) is 9.29. The Bertz CT molecular complexity index is 1400. The van der Waals surface area contributed by atoms with Gasteiger partial charge in [-0.1, -0.05) is 48.5 Å². The largest absolute Gasteiger partial charge is 0.493 e. The fourth-order valence-electron chi connectivity index (χ4n) is 4.41. The molecule has 0 aliphatic carbocycles. The van der Waals surface area contributed by atoms with Crippen LogP contribution < -0.4 is 14.8 Å². The summed E-state index contributed by atoms with van der Waals surface area (Å²) in [6.07, 6.45) is 3.67. The highest BCUT2D eigenvalue weighted by molar-refractivity contribution is 5.89. The first kappa shape index (κ1) is 28.3. The van der Waals surface area contributed by atoms with Crippen LogP contribution in [0.3, 0.4) is 0 Å². The molecule has 4 rings (SSSR count). The summed E-state index contributed by atoms with van der Waals surface area (Å²) in [6.45, 7) is 0.424. The van der Waals surface area contributed by atoms with Gasteiger partial charge in [-0.25, -0.2) is 4.39 Å². The molecule has 3 aromatic carbocycles. The number of halogens is 1. The summed E-state index contributed by atoms with van der Waals surface area (Å²) in [4.78, 5) is 33.3. The summed E-state index contributed by atoms with van der Waals surface area (Å²) in [5.41, 5.74) is 3.22. The van der Waals surface area contributed by atoms with Gasteiger partial charge in [0, 0.05) is 31.9 Å². The van der Waals surface area contributed by atoms with Gasteiger partial charge in [0.15, 0.2) is 11.5 Å². The van der Waals surface area contributed by atoms with E-state index >= 15 is 0 Å². The summed E-state index contributed by atoms with van der Waals surface area (Å²) < 4.78 is 24.4. The molecule has 0 fully saturated rings. The van der Waals surface area contributed by atoms with Crippen molar-refractivity contribution >= 4 is 11.8 Å². The van der Waals surface area contributed by atoms with Gasteiger partial charge >= 0.3 is 0 Å². The number of carbonyl (C=O) groups excluding carboxylic acids is 2. The lowest BCUT2D eigenvalue weighted by Crippen LogP contribution is -2.50. The van der Waals surface area contributed by atoms with Crippen LogP contribution in [0, 0.1) is 5.82 Å². The number of rotatable bonds is 12. The second kappa shape index (κ2) is 13.9. The monoisotopic (exact) mass is 541 g/mol. The van der Waals surface area contributed by atoms with Crippen LogP contribution in [0.2, 0.25) is 0 Å². The topological polar surface area (TPSA) is 80.8 Å². The Hall–Kier alpha value is -4.72. The van der Waals surface area contributed by atoms with Gasteiger partial charge in [0.2, 0.25) is 11.8 Å². The van der Waals surface area contributed by atoms with Crippen molar-refractivity contribution in [3.05, 3.63) is 125 Å². The molecule has 0 aliphatic heterocycles. The van der Waals surface area contributed by atoms with Crippen molar-refractivity contribution in [3.63, 3.8) is 0 Å². The predicted octanol–water partition coefficient (Wildman–Crippen LogP) is 4.74. The molecule has 1 aromatic heterocycles. The van der Waals surface area contributed by atoms with Crippen molar-refractivity contribution in [3.8, 4) is 11.5 Å². The molecule has 206 valence electrons. The van der Waals surface area contributed by atoms with Crippen molar-refractivity contribution in [1.29, 1.82) is 0 Å². The molecule has 40 heavy (non-hydrogen) atoms. The average molecular weight is 542 g/mol. The van der Waals surface area contributed by atoms with Gasteiger partial charge in [0.25, 0.3) is 0 Å². The zero-order chi connectivity index (χ0) is 28.3. The Morgan fingerprint density at radius 3 is 2.17 bits per heavy atom. The standard InChI is InChI=1S/C32H32FN3O4/c1-39-29-13-10-26(19-30(29)40-2)20-31(37)36(22-25-8-11-27(33)12-9-25)28(18-23-6-4-3-5-7-23)32(38)35-21-24-14-16-34-17-15-24/h3-17,19,28H,18,20-22H2,1-2H3,(H,35,38)/t28-/m1/s1. The van der Waals surface area contributed by atoms with E-state index in [1.165, 1.54) is 19.2 Å². The minimum absolute atomic E-state index is 0.0322. The first-order valence-corrected chi connectivity index (χ1v) is 12.9. The van der Waals surface area contributed by atoms with E-state index in [4.69, 9.17) is 9.47 Å². The van der Waals surface area contributed by atoms with Gasteiger partial charge in [0.1, 0.15) is 11.9 Å². The zero-order valence-electron chi connectivity index (χ0n) is 22.5. The first-order valence-electron chi connectivity index (χ1n) is 12.9. The Balaban J connectivity index is 1.66. The fourth-order valence-corrected chi connectivity index (χ4v) is 4.41. The zero-order valence-corrected chi connectivity index (χ0v) is 22.5. The number of hydrogen-bond donors (Lipinski definition) is 1. The lowest BCUT2D eigenvalue weighted by molar-refractivity contribution is -0.140. The minimum Gasteiger partial charge on any atom is -0.493 e. The van der Waals surface area contributed by atoms with Crippen LogP contribution in [0.1, 0.15) is 22.3 Å². The summed E-state index contributed by atoms with van der Waals surface area (Å²) in [6, 6.07) is 23.6. The third-order valence-corrected chi connectivity index (χ3v) is 6.56. The molecular weight excluding hydrogens is 509 g/mol. The molecule has 1 heterocycles. The lowest BCUT2D eigenvalue weighted by Gasteiger charge is -2.32. The normalized spacial score (nSPS) is 11.4. The van der Waals surface area contributed by atoms with Crippen LogP contribution in [-0.4, -0.2) is 42.0 Å². The van der Waals surface area contributed by atoms with Crippen molar-refractivity contribution in [2.45, 2.75) is 32.0 Å². The Morgan fingerprint density at radius 2 is 1.50 bits per heavy atom. The first-order chi connectivity index (χ1) is 19.5. The highest BCUT2D eigenvalue weighted by atomic mass is 19.1. The lowest BCUT2D eigenvalue weighted by atomic mass is 10.0. The number of amides is 2. The summed E-state index contributed by atoms with van der Waals surface area (Å²) in [5.74, 6) is 0.149. The molecule has 1 atom stereocenters. The van der Waals surface area contributed by atoms with Crippen LogP contribution >= 0.6 is 0 Å². The van der Waals surface area contributed by atoms with Gasteiger partial charge in [0.05, 0.1) is 20.6 Å². The van der Waals surface area contributed by atoms with E-state index in [1.54, 1.807) is 54.7 Å². The second-order valence-corrected chi connectivity index (χ2v) is 9.29. The van der Waals surface area contributed by atoms with E-state index in [9.17, 15) is 14.0 Å². The molecule has 8 heteroatoms. The Morgan fingerprint density at radius 1 is 0.825 bits per heavy atom. The number of nitrogens with zero attached hydrogens (tertiary/aromatic N) is 2. The van der Waals surface area contributed by atoms with Crippen LogP contribution in [0.15, 0.2) is 97.3 Å². The maximum Gasteiger partial charge on any atom is 0.243 e. The third kappa shape index (κ3) is 7.66. The number of benzene rings is 3. The quantitative estimate of drug-likeness (QED) is 0.280. The summed E-state index contributed by atoms with van der Waals surface area (Å²) >= 11 is 0. The molecule has 2 amide bonds. The minimum atomic E-state index is -0.818. The number of aromatic nitrogens is 1. The van der Waals surface area contributed by atoms with Crippen molar-refractivity contribution in [2.24, 2.45) is 0 Å². The number of carbonyl (C=O) groups is 2. The van der Waals surface area contributed by atoms with Crippen molar-refractivity contribution < 1.29 is 23.5 Å². The third-order valence-electron chi connectivity index (χ3n) is 6.56.